The van der Waals surface area contributed by atoms with Crippen LogP contribution in [-0.2, 0) is 11.3 Å². The van der Waals surface area contributed by atoms with E-state index in [1.165, 1.54) is 5.56 Å². The van der Waals surface area contributed by atoms with Gasteiger partial charge in [-0.25, -0.2) is 0 Å². The van der Waals surface area contributed by atoms with Gasteiger partial charge in [0.1, 0.15) is 0 Å². The van der Waals surface area contributed by atoms with Gasteiger partial charge in [-0.1, -0.05) is 6.07 Å². The van der Waals surface area contributed by atoms with Crippen molar-refractivity contribution in [3.05, 3.63) is 29.6 Å². The zero-order valence-electron chi connectivity index (χ0n) is 7.44. The summed E-state index contributed by atoms with van der Waals surface area (Å²) in [6.45, 7) is 1.69. The molecule has 1 saturated heterocycles. The highest BCUT2D eigenvalue weighted by Gasteiger charge is 2.17. The van der Waals surface area contributed by atoms with Gasteiger partial charge in [-0.05, 0) is 17.5 Å². The van der Waals surface area contributed by atoms with Crippen LogP contribution >= 0.6 is 0 Å². The van der Waals surface area contributed by atoms with Crippen molar-refractivity contribution in [1.29, 1.82) is 0 Å². The quantitative estimate of drug-likeness (QED) is 0.738. The Morgan fingerprint density at radius 2 is 2.46 bits per heavy atom. The van der Waals surface area contributed by atoms with E-state index < -0.39 is 0 Å². The van der Waals surface area contributed by atoms with Crippen LogP contribution in [0.15, 0.2) is 18.5 Å². The maximum absolute atomic E-state index is 8.93. The van der Waals surface area contributed by atoms with Gasteiger partial charge in [0.05, 0.1) is 13.2 Å². The second-order valence-corrected chi connectivity index (χ2v) is 3.35. The number of ether oxygens (including phenoxy) is 1. The van der Waals surface area contributed by atoms with Gasteiger partial charge >= 0.3 is 0 Å². The number of hydrogen-bond donors (Lipinski definition) is 1. The molecule has 70 valence electrons. The van der Waals surface area contributed by atoms with Crippen molar-refractivity contribution in [2.75, 3.05) is 13.2 Å². The molecule has 0 radical (unpaired) electrons. The molecule has 0 aromatic carbocycles. The van der Waals surface area contributed by atoms with Crippen molar-refractivity contribution in [2.45, 2.75) is 18.9 Å². The molecule has 2 heterocycles. The number of nitrogens with zero attached hydrogens (tertiary/aromatic N) is 1. The average molecular weight is 179 g/mol. The highest BCUT2D eigenvalue weighted by molar-refractivity contribution is 5.21. The van der Waals surface area contributed by atoms with Crippen LogP contribution in [0.4, 0.5) is 0 Å². The van der Waals surface area contributed by atoms with Crippen molar-refractivity contribution < 1.29 is 9.84 Å². The normalized spacial score (nSPS) is 22.1. The van der Waals surface area contributed by atoms with Crippen LogP contribution < -0.4 is 0 Å². The van der Waals surface area contributed by atoms with E-state index in [1.807, 2.05) is 12.3 Å². The van der Waals surface area contributed by atoms with Crippen LogP contribution in [0.1, 0.15) is 23.5 Å². The Labute approximate surface area is 77.4 Å². The predicted molar refractivity (Wildman–Crippen MR) is 48.3 cm³/mol. The molecule has 0 saturated carbocycles. The number of aliphatic hydroxyl groups excluding tert-OH is 1. The van der Waals surface area contributed by atoms with E-state index in [4.69, 9.17) is 9.84 Å². The van der Waals surface area contributed by atoms with Gasteiger partial charge in [0.15, 0.2) is 0 Å². The number of aliphatic hydroxyl groups is 1. The first-order chi connectivity index (χ1) is 6.40. The molecule has 1 aliphatic rings. The van der Waals surface area contributed by atoms with Gasteiger partial charge in [0, 0.05) is 24.9 Å². The van der Waals surface area contributed by atoms with Crippen LogP contribution in [0.25, 0.3) is 0 Å². The van der Waals surface area contributed by atoms with Crippen LogP contribution in [0.5, 0.6) is 0 Å². The Hall–Kier alpha value is -0.930. The molecule has 1 unspecified atom stereocenters. The fourth-order valence-electron chi connectivity index (χ4n) is 1.61. The van der Waals surface area contributed by atoms with E-state index in [9.17, 15) is 0 Å². The first-order valence-electron chi connectivity index (χ1n) is 4.52. The van der Waals surface area contributed by atoms with Crippen LogP contribution in [-0.4, -0.2) is 23.3 Å². The molecule has 1 aromatic rings. The van der Waals surface area contributed by atoms with Crippen molar-refractivity contribution >= 4 is 0 Å². The van der Waals surface area contributed by atoms with Gasteiger partial charge in [-0.15, -0.1) is 0 Å². The lowest BCUT2D eigenvalue weighted by Gasteiger charge is -2.07. The maximum atomic E-state index is 8.93. The molecule has 0 aliphatic carbocycles. The van der Waals surface area contributed by atoms with Gasteiger partial charge in [0.25, 0.3) is 0 Å². The first kappa shape index (κ1) is 8.66. The molecule has 3 nitrogen and oxygen atoms in total. The van der Waals surface area contributed by atoms with Gasteiger partial charge < -0.3 is 9.84 Å². The summed E-state index contributed by atoms with van der Waals surface area (Å²) in [5, 5.41) is 8.93. The van der Waals surface area contributed by atoms with Crippen molar-refractivity contribution in [2.24, 2.45) is 0 Å². The minimum atomic E-state index is 0.0639. The topological polar surface area (TPSA) is 42.4 Å². The Morgan fingerprint density at radius 3 is 3.15 bits per heavy atom. The van der Waals surface area contributed by atoms with Crippen molar-refractivity contribution in [3.8, 4) is 0 Å². The Kier molecular flexibility index (Phi) is 2.57. The second kappa shape index (κ2) is 3.85. The molecule has 0 bridgehead atoms. The van der Waals surface area contributed by atoms with Gasteiger partial charge in [0.2, 0.25) is 0 Å². The smallest absolute Gasteiger partial charge is 0.0696 e. The van der Waals surface area contributed by atoms with Crippen LogP contribution in [0.2, 0.25) is 0 Å². The predicted octanol–water partition coefficient (Wildman–Crippen LogP) is 1.08. The summed E-state index contributed by atoms with van der Waals surface area (Å²) in [6.07, 6.45) is 4.62. The van der Waals surface area contributed by atoms with E-state index >= 15 is 0 Å². The van der Waals surface area contributed by atoms with Crippen LogP contribution in [0.3, 0.4) is 0 Å². The molecular weight excluding hydrogens is 166 g/mol. The molecule has 1 aliphatic heterocycles. The summed E-state index contributed by atoms with van der Waals surface area (Å²) in [5.74, 6) is 0.471. The number of aromatic nitrogens is 1. The van der Waals surface area contributed by atoms with E-state index in [0.29, 0.717) is 5.92 Å². The van der Waals surface area contributed by atoms with Gasteiger partial charge in [-0.2, -0.15) is 0 Å². The number of hydrogen-bond acceptors (Lipinski definition) is 3. The first-order valence-corrected chi connectivity index (χ1v) is 4.52. The number of rotatable bonds is 2. The SMILES string of the molecule is OCc1cncc(C2CCOC2)c1. The van der Waals surface area contributed by atoms with Crippen molar-refractivity contribution in [3.63, 3.8) is 0 Å². The summed E-state index contributed by atoms with van der Waals surface area (Å²) < 4.78 is 5.29. The third-order valence-corrected chi connectivity index (χ3v) is 2.40. The summed E-state index contributed by atoms with van der Waals surface area (Å²) in [4.78, 5) is 4.08. The molecule has 1 atom stereocenters. The van der Waals surface area contributed by atoms with E-state index in [1.54, 1.807) is 6.20 Å². The largest absolute Gasteiger partial charge is 0.392 e. The zero-order valence-corrected chi connectivity index (χ0v) is 7.44. The van der Waals surface area contributed by atoms with Gasteiger partial charge in [-0.3, -0.25) is 4.98 Å². The lowest BCUT2D eigenvalue weighted by atomic mass is 9.99. The molecular formula is C10H13NO2. The molecule has 1 N–H and O–H groups in total. The Balaban J connectivity index is 2.18. The fourth-order valence-corrected chi connectivity index (χ4v) is 1.61. The van der Waals surface area contributed by atoms with Crippen molar-refractivity contribution in [1.82, 2.24) is 4.98 Å². The summed E-state index contributed by atoms with van der Waals surface area (Å²) in [7, 11) is 0. The maximum Gasteiger partial charge on any atom is 0.0696 e. The average Bonchev–Trinajstić information content (AvgIpc) is 2.71. The monoisotopic (exact) mass is 179 g/mol. The molecule has 3 heteroatoms. The molecule has 0 amide bonds. The minimum Gasteiger partial charge on any atom is -0.392 e. The number of pyridine rings is 1. The summed E-state index contributed by atoms with van der Waals surface area (Å²) >= 11 is 0. The van der Waals surface area contributed by atoms with E-state index in [2.05, 4.69) is 4.98 Å². The summed E-state index contributed by atoms with van der Waals surface area (Å²) in [6, 6.07) is 2.01. The molecule has 13 heavy (non-hydrogen) atoms. The lowest BCUT2D eigenvalue weighted by Crippen LogP contribution is -1.99. The highest BCUT2D eigenvalue weighted by atomic mass is 16.5. The molecule has 2 rings (SSSR count). The molecule has 0 spiro atoms. The zero-order chi connectivity index (χ0) is 9.10. The van der Waals surface area contributed by atoms with E-state index in [0.717, 1.165) is 25.2 Å². The standard InChI is InChI=1S/C10H13NO2/c12-6-8-3-10(5-11-4-8)9-1-2-13-7-9/h3-5,9,12H,1-2,6-7H2. The van der Waals surface area contributed by atoms with E-state index in [-0.39, 0.29) is 6.61 Å². The fraction of sp³-hybridized carbons (Fsp3) is 0.500. The minimum absolute atomic E-state index is 0.0639. The molecule has 1 aromatic heterocycles. The lowest BCUT2D eigenvalue weighted by molar-refractivity contribution is 0.194. The third kappa shape index (κ3) is 1.87. The Morgan fingerprint density at radius 1 is 1.54 bits per heavy atom. The third-order valence-electron chi connectivity index (χ3n) is 2.40. The summed E-state index contributed by atoms with van der Waals surface area (Å²) in [5.41, 5.74) is 2.06. The second-order valence-electron chi connectivity index (χ2n) is 3.35. The molecule has 1 fully saturated rings. The Bertz CT molecular complexity index is 282. The highest BCUT2D eigenvalue weighted by Crippen LogP contribution is 2.24. The van der Waals surface area contributed by atoms with Crippen LogP contribution in [0, 0.1) is 0 Å².